The van der Waals surface area contributed by atoms with Gasteiger partial charge >= 0.3 is 0 Å². The minimum absolute atomic E-state index is 0.265. The zero-order valence-electron chi connectivity index (χ0n) is 22.6. The maximum Gasteiger partial charge on any atom is 0.126 e. The van der Waals surface area contributed by atoms with E-state index in [4.69, 9.17) is 18.9 Å². The Balaban J connectivity index is 2.35. The summed E-state index contributed by atoms with van der Waals surface area (Å²) in [7, 11) is 0. The summed E-state index contributed by atoms with van der Waals surface area (Å²) in [6.45, 7) is 23.3. The zero-order valence-corrected chi connectivity index (χ0v) is 22.6. The summed E-state index contributed by atoms with van der Waals surface area (Å²) in [5, 5.41) is 0. The Hall–Kier alpha value is -0.600. The largest absolute Gasteiger partial charge is 0.378 e. The fraction of sp³-hybridized carbons (Fsp3) is 0.929. The highest BCUT2D eigenvalue weighted by atomic mass is 16.5. The van der Waals surface area contributed by atoms with E-state index in [1.165, 1.54) is 0 Å². The topological polar surface area (TPSA) is 36.9 Å². The van der Waals surface area contributed by atoms with Crippen molar-refractivity contribution in [3.05, 3.63) is 0 Å². The molecule has 2 fully saturated rings. The van der Waals surface area contributed by atoms with Gasteiger partial charge in [0.15, 0.2) is 0 Å². The Morgan fingerprint density at radius 3 is 1.28 bits per heavy atom. The second kappa shape index (κ2) is 10.8. The van der Waals surface area contributed by atoms with Gasteiger partial charge in [0.1, 0.15) is 11.2 Å². The van der Waals surface area contributed by atoms with E-state index >= 15 is 0 Å². The van der Waals surface area contributed by atoms with E-state index in [-0.39, 0.29) is 23.4 Å². The molecule has 2 aliphatic heterocycles. The van der Waals surface area contributed by atoms with Gasteiger partial charge in [0.05, 0.1) is 23.4 Å². The molecule has 0 N–H and O–H groups in total. The molecule has 32 heavy (non-hydrogen) atoms. The molecule has 0 bridgehead atoms. The number of ether oxygens (including phenoxy) is 4. The molecule has 0 aliphatic carbocycles. The molecule has 0 saturated carbocycles. The van der Waals surface area contributed by atoms with E-state index in [1.54, 1.807) is 0 Å². The zero-order chi connectivity index (χ0) is 24.2. The van der Waals surface area contributed by atoms with Crippen molar-refractivity contribution in [2.45, 2.75) is 142 Å². The Morgan fingerprint density at radius 2 is 0.938 bits per heavy atom. The predicted molar refractivity (Wildman–Crippen MR) is 132 cm³/mol. The van der Waals surface area contributed by atoms with Crippen LogP contribution >= 0.6 is 0 Å². The van der Waals surface area contributed by atoms with Crippen LogP contribution in [0.25, 0.3) is 0 Å². The SMILES string of the molecule is CC1CC(C)OCCC(C)(C)OC(C)(C#CC2(C)CC(C)CC(C)OCCC(C)(C)O2)C1. The highest BCUT2D eigenvalue weighted by Gasteiger charge is 2.38. The van der Waals surface area contributed by atoms with Crippen LogP contribution in [-0.4, -0.2) is 47.8 Å². The summed E-state index contributed by atoms with van der Waals surface area (Å²) in [4.78, 5) is 0. The molecule has 2 rings (SSSR count). The molecule has 0 spiro atoms. The molecule has 0 aromatic rings. The first-order valence-electron chi connectivity index (χ1n) is 12.8. The van der Waals surface area contributed by atoms with Gasteiger partial charge in [-0.15, -0.1) is 0 Å². The van der Waals surface area contributed by atoms with Crippen molar-refractivity contribution in [2.24, 2.45) is 11.8 Å². The first kappa shape index (κ1) is 27.6. The fourth-order valence-electron chi connectivity index (χ4n) is 5.60. The smallest absolute Gasteiger partial charge is 0.126 e. The minimum atomic E-state index is -0.522. The maximum atomic E-state index is 6.71. The Morgan fingerprint density at radius 1 is 0.594 bits per heavy atom. The van der Waals surface area contributed by atoms with Crippen molar-refractivity contribution in [3.8, 4) is 11.8 Å². The van der Waals surface area contributed by atoms with Gasteiger partial charge in [0.25, 0.3) is 0 Å². The molecule has 0 radical (unpaired) electrons. The van der Waals surface area contributed by atoms with Crippen LogP contribution < -0.4 is 0 Å². The third-order valence-corrected chi connectivity index (χ3v) is 6.75. The lowest BCUT2D eigenvalue weighted by Gasteiger charge is -2.40. The summed E-state index contributed by atoms with van der Waals surface area (Å²) in [6.07, 6.45) is 6.07. The van der Waals surface area contributed by atoms with Gasteiger partial charge in [-0.05, 0) is 106 Å². The first-order valence-corrected chi connectivity index (χ1v) is 12.8. The van der Waals surface area contributed by atoms with Crippen molar-refractivity contribution in [1.29, 1.82) is 0 Å². The summed E-state index contributed by atoms with van der Waals surface area (Å²) >= 11 is 0. The number of hydrogen-bond donors (Lipinski definition) is 0. The Kier molecular flexibility index (Phi) is 9.30. The van der Waals surface area contributed by atoms with Crippen LogP contribution in [0.2, 0.25) is 0 Å². The molecule has 2 saturated heterocycles. The number of rotatable bonds is 0. The third kappa shape index (κ3) is 9.34. The molecule has 4 heteroatoms. The second-order valence-corrected chi connectivity index (χ2v) is 12.4. The molecular formula is C28H50O4. The van der Waals surface area contributed by atoms with Crippen LogP contribution in [0.4, 0.5) is 0 Å². The predicted octanol–water partition coefficient (Wildman–Crippen LogP) is 6.55. The van der Waals surface area contributed by atoms with Gasteiger partial charge in [-0.1, -0.05) is 25.7 Å². The van der Waals surface area contributed by atoms with Crippen LogP contribution in [0.1, 0.15) is 108 Å². The van der Waals surface area contributed by atoms with Crippen LogP contribution in [0.3, 0.4) is 0 Å². The van der Waals surface area contributed by atoms with Gasteiger partial charge in [0.2, 0.25) is 0 Å². The van der Waals surface area contributed by atoms with Crippen LogP contribution in [0.15, 0.2) is 0 Å². The molecule has 186 valence electrons. The molecule has 0 aromatic heterocycles. The molecular weight excluding hydrogens is 400 g/mol. The molecule has 0 aromatic carbocycles. The normalized spacial score (nSPS) is 41.7. The van der Waals surface area contributed by atoms with Crippen molar-refractivity contribution in [3.63, 3.8) is 0 Å². The van der Waals surface area contributed by atoms with Gasteiger partial charge in [-0.2, -0.15) is 0 Å². The summed E-state index contributed by atoms with van der Waals surface area (Å²) in [6, 6.07) is 0. The Labute approximate surface area is 198 Å². The first-order chi connectivity index (χ1) is 14.6. The van der Waals surface area contributed by atoms with Crippen LogP contribution in [-0.2, 0) is 18.9 Å². The van der Waals surface area contributed by atoms with Crippen molar-refractivity contribution in [2.75, 3.05) is 13.2 Å². The molecule has 6 atom stereocenters. The molecule has 0 amide bonds. The standard InChI is InChI=1S/C28H50O4/c1-21-17-23(3)29-15-13-25(5,6)31-27(9,19-21)11-12-28(10)20-22(2)18-24(4)30-16-14-26(7,8)32-28/h21-24H,13-20H2,1-10H3. The van der Waals surface area contributed by atoms with Gasteiger partial charge in [-0.3, -0.25) is 0 Å². The monoisotopic (exact) mass is 450 g/mol. The molecule has 6 unspecified atom stereocenters. The maximum absolute atomic E-state index is 6.71. The van der Waals surface area contributed by atoms with E-state index in [0.29, 0.717) is 11.8 Å². The lowest BCUT2D eigenvalue weighted by atomic mass is 9.85. The summed E-state index contributed by atoms with van der Waals surface area (Å²) in [5.41, 5.74) is -1.63. The van der Waals surface area contributed by atoms with Crippen molar-refractivity contribution < 1.29 is 18.9 Å². The lowest BCUT2D eigenvalue weighted by Crippen LogP contribution is -2.44. The fourth-order valence-corrected chi connectivity index (χ4v) is 5.60. The molecule has 2 heterocycles. The van der Waals surface area contributed by atoms with Crippen molar-refractivity contribution in [1.82, 2.24) is 0 Å². The van der Waals surface area contributed by atoms with E-state index in [0.717, 1.165) is 51.7 Å². The van der Waals surface area contributed by atoms with E-state index in [1.807, 2.05) is 0 Å². The quantitative estimate of drug-likeness (QED) is 0.392. The van der Waals surface area contributed by atoms with E-state index in [9.17, 15) is 0 Å². The average Bonchev–Trinajstić information content (AvgIpc) is 2.56. The highest BCUT2D eigenvalue weighted by molar-refractivity contribution is 5.22. The Bertz CT molecular complexity index is 606. The second-order valence-electron chi connectivity index (χ2n) is 12.4. The minimum Gasteiger partial charge on any atom is -0.378 e. The third-order valence-electron chi connectivity index (χ3n) is 6.75. The lowest BCUT2D eigenvalue weighted by molar-refractivity contribution is -0.137. The van der Waals surface area contributed by atoms with Crippen molar-refractivity contribution >= 4 is 0 Å². The van der Waals surface area contributed by atoms with Gasteiger partial charge < -0.3 is 18.9 Å². The molecule has 2 aliphatic rings. The summed E-state index contributed by atoms with van der Waals surface area (Å²) < 4.78 is 25.4. The number of hydrogen-bond acceptors (Lipinski definition) is 4. The highest BCUT2D eigenvalue weighted by Crippen LogP contribution is 2.35. The van der Waals surface area contributed by atoms with E-state index < -0.39 is 11.2 Å². The van der Waals surface area contributed by atoms with Gasteiger partial charge in [0, 0.05) is 13.2 Å². The molecule has 4 nitrogen and oxygen atoms in total. The average molecular weight is 451 g/mol. The summed E-state index contributed by atoms with van der Waals surface area (Å²) in [5.74, 6) is 8.14. The van der Waals surface area contributed by atoms with Crippen LogP contribution in [0.5, 0.6) is 0 Å². The van der Waals surface area contributed by atoms with E-state index in [2.05, 4.69) is 81.1 Å². The van der Waals surface area contributed by atoms with Gasteiger partial charge in [-0.25, -0.2) is 0 Å². The van der Waals surface area contributed by atoms with Crippen LogP contribution in [0, 0.1) is 23.7 Å².